The number of rotatable bonds is 3. The van der Waals surface area contributed by atoms with Crippen LogP contribution in [0.3, 0.4) is 0 Å². The number of nitrogens with one attached hydrogen (secondary N) is 1. The summed E-state index contributed by atoms with van der Waals surface area (Å²) < 4.78 is 13.1. The third kappa shape index (κ3) is 4.28. The van der Waals surface area contributed by atoms with Gasteiger partial charge in [0.25, 0.3) is 0 Å². The second-order valence-electron chi connectivity index (χ2n) is 6.10. The van der Waals surface area contributed by atoms with Crippen LogP contribution in [0.2, 0.25) is 0 Å². The molecular weight excluding hydrogens is 337 g/mol. The minimum Gasteiger partial charge on any atom is -0.368 e. The molecule has 0 saturated carbocycles. The molecule has 1 aromatic carbocycles. The van der Waals surface area contributed by atoms with Crippen molar-refractivity contribution in [2.24, 2.45) is 4.99 Å². The van der Waals surface area contributed by atoms with Gasteiger partial charge >= 0.3 is 0 Å². The van der Waals surface area contributed by atoms with Crippen molar-refractivity contribution >= 4 is 23.0 Å². The van der Waals surface area contributed by atoms with Crippen LogP contribution >= 0.6 is 11.3 Å². The van der Waals surface area contributed by atoms with Crippen LogP contribution in [-0.2, 0) is 6.54 Å². The molecule has 1 aliphatic heterocycles. The number of piperazine rings is 1. The first-order chi connectivity index (χ1) is 12.1. The van der Waals surface area contributed by atoms with E-state index in [9.17, 15) is 4.39 Å². The second kappa shape index (κ2) is 7.82. The normalized spacial score (nSPS) is 15.6. The number of halogens is 1. The number of benzene rings is 1. The minimum absolute atomic E-state index is 0.195. The first kappa shape index (κ1) is 17.7. The number of anilines is 1. The van der Waals surface area contributed by atoms with Gasteiger partial charge in [0, 0.05) is 43.8 Å². The molecule has 2 aromatic rings. The molecule has 1 fully saturated rings. The van der Waals surface area contributed by atoms with Crippen LogP contribution < -0.4 is 10.2 Å². The van der Waals surface area contributed by atoms with Crippen molar-refractivity contribution < 1.29 is 4.39 Å². The van der Waals surface area contributed by atoms with Crippen LogP contribution in [-0.4, -0.2) is 49.1 Å². The van der Waals surface area contributed by atoms with Crippen LogP contribution in [0.25, 0.3) is 0 Å². The fraction of sp³-hybridized carbons (Fsp3) is 0.444. The molecule has 1 saturated heterocycles. The summed E-state index contributed by atoms with van der Waals surface area (Å²) in [6, 6.07) is 6.71. The zero-order valence-corrected chi connectivity index (χ0v) is 15.7. The Bertz CT molecular complexity index is 713. The summed E-state index contributed by atoms with van der Waals surface area (Å²) in [6.45, 7) is 8.38. The first-order valence-corrected chi connectivity index (χ1v) is 9.27. The van der Waals surface area contributed by atoms with E-state index in [-0.39, 0.29) is 5.82 Å². The zero-order valence-electron chi connectivity index (χ0n) is 14.9. The fourth-order valence-electron chi connectivity index (χ4n) is 2.93. The summed E-state index contributed by atoms with van der Waals surface area (Å²) in [5.41, 5.74) is 2.17. The van der Waals surface area contributed by atoms with Gasteiger partial charge in [0.05, 0.1) is 12.2 Å². The maximum Gasteiger partial charge on any atom is 0.194 e. The molecule has 0 amide bonds. The van der Waals surface area contributed by atoms with Gasteiger partial charge in [-0.15, -0.1) is 11.3 Å². The number of guanidine groups is 1. The van der Waals surface area contributed by atoms with E-state index in [1.165, 1.54) is 17.0 Å². The van der Waals surface area contributed by atoms with Gasteiger partial charge in [-0.3, -0.25) is 4.99 Å². The van der Waals surface area contributed by atoms with Gasteiger partial charge in [0.1, 0.15) is 10.8 Å². The van der Waals surface area contributed by atoms with E-state index in [0.29, 0.717) is 6.54 Å². The Hall–Kier alpha value is -2.15. The smallest absolute Gasteiger partial charge is 0.194 e. The van der Waals surface area contributed by atoms with E-state index in [1.807, 2.05) is 26.1 Å². The number of aromatic nitrogens is 1. The van der Waals surface area contributed by atoms with E-state index >= 15 is 0 Å². The Kier molecular flexibility index (Phi) is 5.53. The van der Waals surface area contributed by atoms with Crippen molar-refractivity contribution in [1.82, 2.24) is 15.2 Å². The average Bonchev–Trinajstić information content (AvgIpc) is 2.95. The van der Waals surface area contributed by atoms with E-state index in [2.05, 4.69) is 32.0 Å². The molecule has 0 unspecified atom stereocenters. The molecule has 1 N–H and O–H groups in total. The van der Waals surface area contributed by atoms with E-state index < -0.39 is 0 Å². The molecule has 2 heterocycles. The second-order valence-corrected chi connectivity index (χ2v) is 7.39. The molecule has 7 heteroatoms. The number of nitrogens with zero attached hydrogens (tertiary/aromatic N) is 4. The Balaban J connectivity index is 1.54. The van der Waals surface area contributed by atoms with Crippen LogP contribution in [0.15, 0.2) is 29.3 Å². The molecule has 5 nitrogen and oxygen atoms in total. The quantitative estimate of drug-likeness (QED) is 0.674. The van der Waals surface area contributed by atoms with Crippen molar-refractivity contribution in [1.29, 1.82) is 0 Å². The zero-order chi connectivity index (χ0) is 17.8. The first-order valence-electron chi connectivity index (χ1n) is 8.46. The molecule has 1 aromatic heterocycles. The number of thiazole rings is 1. The minimum atomic E-state index is -0.195. The van der Waals surface area contributed by atoms with Gasteiger partial charge in [-0.1, -0.05) is 0 Å². The lowest BCUT2D eigenvalue weighted by atomic mass is 10.2. The lowest BCUT2D eigenvalue weighted by Gasteiger charge is -2.37. The van der Waals surface area contributed by atoms with Crippen molar-refractivity contribution in [3.63, 3.8) is 0 Å². The summed E-state index contributed by atoms with van der Waals surface area (Å²) in [5, 5.41) is 4.50. The Morgan fingerprint density at radius 3 is 2.44 bits per heavy atom. The van der Waals surface area contributed by atoms with Gasteiger partial charge < -0.3 is 15.1 Å². The maximum atomic E-state index is 13.1. The molecule has 0 radical (unpaired) electrons. The number of aliphatic imine (C=N–C) groups is 1. The summed E-state index contributed by atoms with van der Waals surface area (Å²) >= 11 is 1.73. The highest BCUT2D eigenvalue weighted by atomic mass is 32.1. The predicted molar refractivity (Wildman–Crippen MR) is 102 cm³/mol. The topological polar surface area (TPSA) is 43.8 Å². The third-order valence-electron chi connectivity index (χ3n) is 4.45. The molecule has 0 atom stereocenters. The largest absolute Gasteiger partial charge is 0.368 e. The number of hydrogen-bond donors (Lipinski definition) is 1. The molecule has 0 aliphatic carbocycles. The molecule has 25 heavy (non-hydrogen) atoms. The van der Waals surface area contributed by atoms with Crippen LogP contribution in [0.1, 0.15) is 15.6 Å². The van der Waals surface area contributed by atoms with E-state index in [0.717, 1.165) is 48.5 Å². The highest BCUT2D eigenvalue weighted by Crippen LogP contribution is 2.18. The number of aryl methyl sites for hydroxylation is 2. The molecule has 134 valence electrons. The van der Waals surface area contributed by atoms with Crippen molar-refractivity contribution in [3.8, 4) is 0 Å². The van der Waals surface area contributed by atoms with Gasteiger partial charge in [-0.25, -0.2) is 9.37 Å². The Morgan fingerprint density at radius 2 is 1.88 bits per heavy atom. The Morgan fingerprint density at radius 1 is 1.20 bits per heavy atom. The van der Waals surface area contributed by atoms with Crippen LogP contribution in [0.4, 0.5) is 10.1 Å². The summed E-state index contributed by atoms with van der Waals surface area (Å²) in [6.07, 6.45) is 0. The van der Waals surface area contributed by atoms with Crippen LogP contribution in [0.5, 0.6) is 0 Å². The van der Waals surface area contributed by atoms with Gasteiger partial charge in [-0.2, -0.15) is 0 Å². The van der Waals surface area contributed by atoms with Gasteiger partial charge in [-0.05, 0) is 38.1 Å². The summed E-state index contributed by atoms with van der Waals surface area (Å²) in [7, 11) is 1.81. The lowest BCUT2D eigenvalue weighted by Crippen LogP contribution is -2.52. The SMILES string of the molecule is CN=C(NCc1nc(C)c(C)s1)N1CCN(c2ccc(F)cc2)CC1. The van der Waals surface area contributed by atoms with E-state index in [4.69, 9.17) is 0 Å². The summed E-state index contributed by atoms with van der Waals surface area (Å²) in [5.74, 6) is 0.712. The predicted octanol–water partition coefficient (Wildman–Crippen LogP) is 2.80. The van der Waals surface area contributed by atoms with Crippen molar-refractivity contribution in [2.75, 3.05) is 38.1 Å². The standard InChI is InChI=1S/C18H24FN5S/c1-13-14(2)25-17(22-13)12-21-18(20-3)24-10-8-23(9-11-24)16-6-4-15(19)5-7-16/h4-7H,8-12H2,1-3H3,(H,20,21). The maximum absolute atomic E-state index is 13.1. The highest BCUT2D eigenvalue weighted by molar-refractivity contribution is 7.11. The number of hydrogen-bond acceptors (Lipinski definition) is 4. The molecule has 0 spiro atoms. The highest BCUT2D eigenvalue weighted by Gasteiger charge is 2.20. The monoisotopic (exact) mass is 361 g/mol. The average molecular weight is 361 g/mol. The third-order valence-corrected chi connectivity index (χ3v) is 5.53. The van der Waals surface area contributed by atoms with Crippen LogP contribution in [0, 0.1) is 19.7 Å². The lowest BCUT2D eigenvalue weighted by molar-refractivity contribution is 0.372. The fourth-order valence-corrected chi connectivity index (χ4v) is 3.80. The Labute approximate surface area is 152 Å². The van der Waals surface area contributed by atoms with Crippen molar-refractivity contribution in [2.45, 2.75) is 20.4 Å². The molecule has 1 aliphatic rings. The van der Waals surface area contributed by atoms with Gasteiger partial charge in [0.2, 0.25) is 0 Å². The van der Waals surface area contributed by atoms with Gasteiger partial charge in [0.15, 0.2) is 5.96 Å². The van der Waals surface area contributed by atoms with E-state index in [1.54, 1.807) is 11.3 Å². The molecule has 0 bridgehead atoms. The molecule has 3 rings (SSSR count). The molecular formula is C18H24FN5S. The van der Waals surface area contributed by atoms with Crippen molar-refractivity contribution in [3.05, 3.63) is 45.7 Å². The summed E-state index contributed by atoms with van der Waals surface area (Å²) in [4.78, 5) is 14.8.